The molecule has 7 heteroatoms. The maximum atomic E-state index is 12.4. The Balaban J connectivity index is 1.97. The molecule has 126 valence electrons. The zero-order chi connectivity index (χ0) is 17.0. The summed E-state index contributed by atoms with van der Waals surface area (Å²) >= 11 is 0. The van der Waals surface area contributed by atoms with Crippen LogP contribution in [0.2, 0.25) is 0 Å². The van der Waals surface area contributed by atoms with Gasteiger partial charge in [-0.3, -0.25) is 9.59 Å². The van der Waals surface area contributed by atoms with E-state index < -0.39 is 12.2 Å². The Labute approximate surface area is 133 Å². The molecule has 0 spiro atoms. The van der Waals surface area contributed by atoms with Gasteiger partial charge in [0.1, 0.15) is 12.3 Å². The van der Waals surface area contributed by atoms with Gasteiger partial charge in [-0.25, -0.2) is 0 Å². The fourth-order valence-electron chi connectivity index (χ4n) is 2.51. The average molecular weight is 326 g/mol. The molecule has 5 nitrogen and oxygen atoms in total. The van der Waals surface area contributed by atoms with E-state index in [9.17, 15) is 18.4 Å². The van der Waals surface area contributed by atoms with Crippen molar-refractivity contribution in [1.82, 2.24) is 10.2 Å². The first kappa shape index (κ1) is 17.2. The maximum Gasteiger partial charge on any atom is 0.387 e. The van der Waals surface area contributed by atoms with E-state index in [0.717, 1.165) is 5.56 Å². The number of halogens is 2. The molecule has 1 aromatic rings. The van der Waals surface area contributed by atoms with Gasteiger partial charge in [-0.1, -0.05) is 12.1 Å². The normalized spacial score (nSPS) is 17.1. The van der Waals surface area contributed by atoms with Crippen LogP contribution in [-0.4, -0.2) is 42.0 Å². The van der Waals surface area contributed by atoms with E-state index in [2.05, 4.69) is 10.1 Å². The molecule has 1 fully saturated rings. The van der Waals surface area contributed by atoms with Crippen LogP contribution in [-0.2, 0) is 16.0 Å². The number of benzene rings is 1. The standard InChI is InChI=1S/C16H20F2N2O3/c1-16(2)10-19-13(21)9-20(16)14(22)7-6-11-4-3-5-12(8-11)23-15(17)18/h3-5,8,15H,6-7,9-10H2,1-2H3,(H,19,21). The number of rotatable bonds is 5. The molecule has 1 N–H and O–H groups in total. The van der Waals surface area contributed by atoms with E-state index in [-0.39, 0.29) is 30.5 Å². The van der Waals surface area contributed by atoms with Gasteiger partial charge in [-0.05, 0) is 38.0 Å². The summed E-state index contributed by atoms with van der Waals surface area (Å²) in [6.45, 7) is 1.36. The van der Waals surface area contributed by atoms with Gasteiger partial charge in [-0.2, -0.15) is 8.78 Å². The third-order valence-corrected chi connectivity index (χ3v) is 3.80. The van der Waals surface area contributed by atoms with Gasteiger partial charge in [0, 0.05) is 13.0 Å². The highest BCUT2D eigenvalue weighted by atomic mass is 19.3. The number of amides is 2. The van der Waals surface area contributed by atoms with Gasteiger partial charge >= 0.3 is 6.61 Å². The van der Waals surface area contributed by atoms with Crippen LogP contribution < -0.4 is 10.1 Å². The second kappa shape index (κ2) is 6.93. The second-order valence-corrected chi connectivity index (χ2v) is 6.09. The highest BCUT2D eigenvalue weighted by molar-refractivity contribution is 5.86. The summed E-state index contributed by atoms with van der Waals surface area (Å²) in [5.74, 6) is -0.238. The van der Waals surface area contributed by atoms with Crippen LogP contribution in [0.15, 0.2) is 24.3 Å². The molecule has 0 aliphatic carbocycles. The van der Waals surface area contributed by atoms with E-state index in [4.69, 9.17) is 0 Å². The lowest BCUT2D eigenvalue weighted by atomic mass is 9.98. The summed E-state index contributed by atoms with van der Waals surface area (Å²) < 4.78 is 28.8. The van der Waals surface area contributed by atoms with Crippen LogP contribution in [0.4, 0.5) is 8.78 Å². The quantitative estimate of drug-likeness (QED) is 0.900. The van der Waals surface area contributed by atoms with Crippen molar-refractivity contribution in [3.63, 3.8) is 0 Å². The third-order valence-electron chi connectivity index (χ3n) is 3.80. The molecule has 23 heavy (non-hydrogen) atoms. The number of ether oxygens (including phenoxy) is 1. The lowest BCUT2D eigenvalue weighted by molar-refractivity contribution is -0.145. The highest BCUT2D eigenvalue weighted by Gasteiger charge is 2.35. The van der Waals surface area contributed by atoms with Crippen LogP contribution in [0.3, 0.4) is 0 Å². The molecular formula is C16H20F2N2O3. The molecule has 0 saturated carbocycles. The Morgan fingerprint density at radius 2 is 2.17 bits per heavy atom. The molecule has 2 rings (SSSR count). The summed E-state index contributed by atoms with van der Waals surface area (Å²) in [6.07, 6.45) is 0.600. The minimum absolute atomic E-state index is 0.0420. The summed E-state index contributed by atoms with van der Waals surface area (Å²) in [7, 11) is 0. The SMILES string of the molecule is CC1(C)CNC(=O)CN1C(=O)CCc1cccc(OC(F)F)c1. The summed E-state index contributed by atoms with van der Waals surface area (Å²) in [4.78, 5) is 25.4. The maximum absolute atomic E-state index is 12.4. The lowest BCUT2D eigenvalue weighted by Crippen LogP contribution is -2.62. The fraction of sp³-hybridized carbons (Fsp3) is 0.500. The Bertz CT molecular complexity index is 590. The molecule has 1 saturated heterocycles. The van der Waals surface area contributed by atoms with E-state index in [1.54, 1.807) is 17.0 Å². The molecule has 1 aliphatic heterocycles. The van der Waals surface area contributed by atoms with E-state index in [0.29, 0.717) is 13.0 Å². The lowest BCUT2D eigenvalue weighted by Gasteiger charge is -2.42. The van der Waals surface area contributed by atoms with Crippen molar-refractivity contribution in [2.45, 2.75) is 38.8 Å². The fourth-order valence-corrected chi connectivity index (χ4v) is 2.51. The monoisotopic (exact) mass is 326 g/mol. The molecule has 0 unspecified atom stereocenters. The molecule has 0 radical (unpaired) electrons. The summed E-state index contributed by atoms with van der Waals surface area (Å²) in [6, 6.07) is 6.29. The molecular weight excluding hydrogens is 306 g/mol. The number of piperazine rings is 1. The molecule has 0 bridgehead atoms. The number of hydrogen-bond acceptors (Lipinski definition) is 3. The number of hydrogen-bond donors (Lipinski definition) is 1. The number of aryl methyl sites for hydroxylation is 1. The van der Waals surface area contributed by atoms with Gasteiger partial charge in [0.15, 0.2) is 0 Å². The molecule has 1 aromatic carbocycles. The van der Waals surface area contributed by atoms with Crippen LogP contribution >= 0.6 is 0 Å². The van der Waals surface area contributed by atoms with Crippen molar-refractivity contribution in [3.05, 3.63) is 29.8 Å². The number of carbonyl (C=O) groups is 2. The first-order valence-electron chi connectivity index (χ1n) is 7.39. The topological polar surface area (TPSA) is 58.6 Å². The van der Waals surface area contributed by atoms with Crippen LogP contribution in [0.5, 0.6) is 5.75 Å². The number of nitrogens with zero attached hydrogens (tertiary/aromatic N) is 1. The Morgan fingerprint density at radius 3 is 2.87 bits per heavy atom. The summed E-state index contributed by atoms with van der Waals surface area (Å²) in [5, 5.41) is 2.74. The highest BCUT2D eigenvalue weighted by Crippen LogP contribution is 2.20. The largest absolute Gasteiger partial charge is 0.435 e. The van der Waals surface area contributed by atoms with Crippen LogP contribution in [0, 0.1) is 0 Å². The van der Waals surface area contributed by atoms with Gasteiger partial charge in [0.05, 0.1) is 5.54 Å². The zero-order valence-corrected chi connectivity index (χ0v) is 13.1. The van der Waals surface area contributed by atoms with E-state index in [1.165, 1.54) is 12.1 Å². The minimum atomic E-state index is -2.88. The van der Waals surface area contributed by atoms with Crippen LogP contribution in [0.1, 0.15) is 25.8 Å². The van der Waals surface area contributed by atoms with Crippen molar-refractivity contribution in [2.75, 3.05) is 13.1 Å². The average Bonchev–Trinajstić information content (AvgIpc) is 2.47. The van der Waals surface area contributed by atoms with Gasteiger partial charge in [-0.15, -0.1) is 0 Å². The molecule has 1 aliphatic rings. The second-order valence-electron chi connectivity index (χ2n) is 6.09. The molecule has 1 heterocycles. The van der Waals surface area contributed by atoms with Crippen molar-refractivity contribution < 1.29 is 23.1 Å². The first-order valence-corrected chi connectivity index (χ1v) is 7.39. The van der Waals surface area contributed by atoms with E-state index in [1.807, 2.05) is 13.8 Å². The minimum Gasteiger partial charge on any atom is -0.435 e. The van der Waals surface area contributed by atoms with Crippen LogP contribution in [0.25, 0.3) is 0 Å². The molecule has 0 aromatic heterocycles. The van der Waals surface area contributed by atoms with E-state index >= 15 is 0 Å². The zero-order valence-electron chi connectivity index (χ0n) is 13.1. The van der Waals surface area contributed by atoms with Crippen molar-refractivity contribution in [3.8, 4) is 5.75 Å². The number of alkyl halides is 2. The first-order chi connectivity index (χ1) is 10.8. The molecule has 2 amide bonds. The summed E-state index contributed by atoms with van der Waals surface area (Å²) in [5.41, 5.74) is 0.293. The third kappa shape index (κ3) is 4.64. The Hall–Kier alpha value is -2.18. The van der Waals surface area contributed by atoms with Gasteiger partial charge in [0.25, 0.3) is 0 Å². The predicted molar refractivity (Wildman–Crippen MR) is 80.2 cm³/mol. The van der Waals surface area contributed by atoms with Crippen molar-refractivity contribution in [1.29, 1.82) is 0 Å². The van der Waals surface area contributed by atoms with Gasteiger partial charge < -0.3 is 15.0 Å². The smallest absolute Gasteiger partial charge is 0.387 e. The predicted octanol–water partition coefficient (Wildman–Crippen LogP) is 1.96. The van der Waals surface area contributed by atoms with Crippen molar-refractivity contribution >= 4 is 11.8 Å². The van der Waals surface area contributed by atoms with Gasteiger partial charge in [0.2, 0.25) is 11.8 Å². The number of carbonyl (C=O) groups excluding carboxylic acids is 2. The Kier molecular flexibility index (Phi) is 5.18. The molecule has 0 atom stereocenters. The Morgan fingerprint density at radius 1 is 1.43 bits per heavy atom. The van der Waals surface area contributed by atoms with Crippen molar-refractivity contribution in [2.24, 2.45) is 0 Å². The number of nitrogens with one attached hydrogen (secondary N) is 1.